The SMILES string of the molecule is O=C(O)Cc1cnc(-c2ccc(F)cc2F)s1. The minimum Gasteiger partial charge on any atom is -0.481 e. The van der Waals surface area contributed by atoms with E-state index in [9.17, 15) is 13.6 Å². The zero-order valence-corrected chi connectivity index (χ0v) is 9.30. The molecular weight excluding hydrogens is 248 g/mol. The molecule has 1 heterocycles. The molecule has 0 aliphatic rings. The molecule has 0 aliphatic heterocycles. The van der Waals surface area contributed by atoms with Crippen molar-refractivity contribution in [3.8, 4) is 10.6 Å². The largest absolute Gasteiger partial charge is 0.481 e. The van der Waals surface area contributed by atoms with Crippen molar-refractivity contribution in [1.82, 2.24) is 4.98 Å². The van der Waals surface area contributed by atoms with Crippen LogP contribution in [0.5, 0.6) is 0 Å². The minimum atomic E-state index is -0.972. The van der Waals surface area contributed by atoms with Crippen LogP contribution >= 0.6 is 11.3 Å². The fraction of sp³-hybridized carbons (Fsp3) is 0.0909. The van der Waals surface area contributed by atoms with E-state index in [0.29, 0.717) is 9.88 Å². The van der Waals surface area contributed by atoms with Gasteiger partial charge in [0, 0.05) is 22.7 Å². The smallest absolute Gasteiger partial charge is 0.308 e. The molecule has 17 heavy (non-hydrogen) atoms. The molecule has 1 aromatic carbocycles. The lowest BCUT2D eigenvalue weighted by atomic mass is 10.2. The number of carboxylic acids is 1. The maximum Gasteiger partial charge on any atom is 0.308 e. The Bertz CT molecular complexity index is 568. The molecule has 0 amide bonds. The van der Waals surface area contributed by atoms with Gasteiger partial charge < -0.3 is 5.11 Å². The third-order valence-electron chi connectivity index (χ3n) is 2.04. The first-order chi connectivity index (χ1) is 8.06. The Morgan fingerprint density at radius 3 is 2.82 bits per heavy atom. The lowest BCUT2D eigenvalue weighted by Gasteiger charge is -1.98. The summed E-state index contributed by atoms with van der Waals surface area (Å²) in [6.45, 7) is 0. The minimum absolute atomic E-state index is 0.152. The second kappa shape index (κ2) is 4.58. The van der Waals surface area contributed by atoms with Crippen molar-refractivity contribution in [3.63, 3.8) is 0 Å². The van der Waals surface area contributed by atoms with Crippen LogP contribution < -0.4 is 0 Å². The highest BCUT2D eigenvalue weighted by molar-refractivity contribution is 7.15. The van der Waals surface area contributed by atoms with Crippen LogP contribution in [-0.4, -0.2) is 16.1 Å². The Morgan fingerprint density at radius 1 is 1.41 bits per heavy atom. The van der Waals surface area contributed by atoms with Crippen molar-refractivity contribution in [2.45, 2.75) is 6.42 Å². The molecule has 0 unspecified atom stereocenters. The monoisotopic (exact) mass is 255 g/mol. The first kappa shape index (κ1) is 11.7. The van der Waals surface area contributed by atoms with Crippen molar-refractivity contribution in [2.75, 3.05) is 0 Å². The number of hydrogen-bond donors (Lipinski definition) is 1. The van der Waals surface area contributed by atoms with Gasteiger partial charge in [0.15, 0.2) is 0 Å². The van der Waals surface area contributed by atoms with Gasteiger partial charge in [0.25, 0.3) is 0 Å². The standard InChI is InChI=1S/C11H7F2NO2S/c12-6-1-2-8(9(13)3-6)11-14-5-7(17-11)4-10(15)16/h1-3,5H,4H2,(H,15,16). The lowest BCUT2D eigenvalue weighted by molar-refractivity contribution is -0.136. The number of halogens is 2. The van der Waals surface area contributed by atoms with Crippen LogP contribution in [0.4, 0.5) is 8.78 Å². The average molecular weight is 255 g/mol. The number of benzene rings is 1. The molecule has 88 valence electrons. The van der Waals surface area contributed by atoms with E-state index in [1.165, 1.54) is 12.3 Å². The summed E-state index contributed by atoms with van der Waals surface area (Å²) >= 11 is 1.08. The van der Waals surface area contributed by atoms with E-state index in [2.05, 4.69) is 4.98 Å². The molecule has 0 bridgehead atoms. The molecule has 0 atom stereocenters. The number of carboxylic acid groups (broad SMARTS) is 1. The van der Waals surface area contributed by atoms with Gasteiger partial charge in [0.05, 0.1) is 6.42 Å². The quantitative estimate of drug-likeness (QED) is 0.917. The first-order valence-corrected chi connectivity index (χ1v) is 5.50. The summed E-state index contributed by atoms with van der Waals surface area (Å²) in [5.41, 5.74) is 0.174. The van der Waals surface area contributed by atoms with Gasteiger partial charge >= 0.3 is 5.97 Å². The van der Waals surface area contributed by atoms with Crippen molar-refractivity contribution >= 4 is 17.3 Å². The first-order valence-electron chi connectivity index (χ1n) is 4.68. The summed E-state index contributed by atoms with van der Waals surface area (Å²) in [6, 6.07) is 3.19. The van der Waals surface area contributed by atoms with Crippen LogP contribution in [0, 0.1) is 11.6 Å². The van der Waals surface area contributed by atoms with Crippen molar-refractivity contribution < 1.29 is 18.7 Å². The molecule has 0 aliphatic carbocycles. The van der Waals surface area contributed by atoms with Crippen LogP contribution in [0.3, 0.4) is 0 Å². The summed E-state index contributed by atoms with van der Waals surface area (Å²) in [5.74, 6) is -2.34. The van der Waals surface area contributed by atoms with Gasteiger partial charge in [0.2, 0.25) is 0 Å². The highest BCUT2D eigenvalue weighted by Gasteiger charge is 2.12. The van der Waals surface area contributed by atoms with Crippen LogP contribution in [0.15, 0.2) is 24.4 Å². The highest BCUT2D eigenvalue weighted by atomic mass is 32.1. The number of aromatic nitrogens is 1. The predicted molar refractivity (Wildman–Crippen MR) is 58.8 cm³/mol. The number of nitrogens with zero attached hydrogens (tertiary/aromatic N) is 1. The van der Waals surface area contributed by atoms with Gasteiger partial charge in [-0.2, -0.15) is 0 Å². The molecule has 0 spiro atoms. The number of rotatable bonds is 3. The molecule has 1 N–H and O–H groups in total. The Labute approximate surface area is 99.4 Å². The van der Waals surface area contributed by atoms with Crippen molar-refractivity contribution in [1.29, 1.82) is 0 Å². The normalized spacial score (nSPS) is 10.5. The fourth-order valence-corrected chi connectivity index (χ4v) is 2.26. The predicted octanol–water partition coefficient (Wildman–Crippen LogP) is 2.72. The molecule has 6 heteroatoms. The van der Waals surface area contributed by atoms with E-state index in [-0.39, 0.29) is 12.0 Å². The van der Waals surface area contributed by atoms with E-state index < -0.39 is 17.6 Å². The Kier molecular flexibility index (Phi) is 3.14. The third kappa shape index (κ3) is 2.65. The fourth-order valence-electron chi connectivity index (χ4n) is 1.33. The van der Waals surface area contributed by atoms with E-state index in [4.69, 9.17) is 5.11 Å². The van der Waals surface area contributed by atoms with E-state index in [0.717, 1.165) is 23.5 Å². The molecule has 0 fully saturated rings. The van der Waals surface area contributed by atoms with E-state index in [1.807, 2.05) is 0 Å². The molecule has 2 aromatic rings. The topological polar surface area (TPSA) is 50.2 Å². The van der Waals surface area contributed by atoms with Gasteiger partial charge in [-0.15, -0.1) is 11.3 Å². The van der Waals surface area contributed by atoms with E-state index >= 15 is 0 Å². The van der Waals surface area contributed by atoms with Gasteiger partial charge in [-0.1, -0.05) is 0 Å². The summed E-state index contributed by atoms with van der Waals surface area (Å²) in [4.78, 5) is 14.9. The van der Waals surface area contributed by atoms with Crippen LogP contribution in [0.1, 0.15) is 4.88 Å². The molecular formula is C11H7F2NO2S. The molecule has 2 rings (SSSR count). The second-order valence-corrected chi connectivity index (χ2v) is 4.44. The lowest BCUT2D eigenvalue weighted by Crippen LogP contribution is -1.97. The van der Waals surface area contributed by atoms with Gasteiger partial charge in [-0.3, -0.25) is 4.79 Å². The Balaban J connectivity index is 2.33. The van der Waals surface area contributed by atoms with Gasteiger partial charge in [-0.05, 0) is 12.1 Å². The second-order valence-electron chi connectivity index (χ2n) is 3.33. The number of aliphatic carboxylic acids is 1. The van der Waals surface area contributed by atoms with Gasteiger partial charge in [0.1, 0.15) is 16.6 Å². The number of carbonyl (C=O) groups is 1. The van der Waals surface area contributed by atoms with Crippen LogP contribution in [0.25, 0.3) is 10.6 Å². The molecule has 1 aromatic heterocycles. The van der Waals surface area contributed by atoms with Crippen LogP contribution in [0.2, 0.25) is 0 Å². The van der Waals surface area contributed by atoms with Crippen molar-refractivity contribution in [2.24, 2.45) is 0 Å². The maximum absolute atomic E-state index is 13.4. The maximum atomic E-state index is 13.4. The summed E-state index contributed by atoms with van der Waals surface area (Å²) in [6.07, 6.45) is 1.23. The molecule has 0 radical (unpaired) electrons. The summed E-state index contributed by atoms with van der Waals surface area (Å²) in [7, 11) is 0. The average Bonchev–Trinajstić information content (AvgIpc) is 2.65. The molecule has 0 saturated heterocycles. The van der Waals surface area contributed by atoms with Gasteiger partial charge in [-0.25, -0.2) is 13.8 Å². The molecule has 0 saturated carbocycles. The third-order valence-corrected chi connectivity index (χ3v) is 3.07. The zero-order valence-electron chi connectivity index (χ0n) is 8.48. The molecule has 3 nitrogen and oxygen atoms in total. The summed E-state index contributed by atoms with van der Waals surface area (Å²) < 4.78 is 26.1. The van der Waals surface area contributed by atoms with Crippen LogP contribution in [-0.2, 0) is 11.2 Å². The zero-order chi connectivity index (χ0) is 12.4. The Hall–Kier alpha value is -1.82. The Morgan fingerprint density at radius 2 is 2.18 bits per heavy atom. The summed E-state index contributed by atoms with van der Waals surface area (Å²) in [5, 5.41) is 8.94. The van der Waals surface area contributed by atoms with Crippen molar-refractivity contribution in [3.05, 3.63) is 40.9 Å². The number of thiazole rings is 1. The highest BCUT2D eigenvalue weighted by Crippen LogP contribution is 2.28. The van der Waals surface area contributed by atoms with E-state index in [1.54, 1.807) is 0 Å². The number of hydrogen-bond acceptors (Lipinski definition) is 3.